The Morgan fingerprint density at radius 3 is 2.76 bits per heavy atom. The van der Waals surface area contributed by atoms with Crippen molar-refractivity contribution in [1.82, 2.24) is 30.4 Å². The molecule has 29 heavy (non-hydrogen) atoms. The fourth-order valence-electron chi connectivity index (χ4n) is 4.59. The summed E-state index contributed by atoms with van der Waals surface area (Å²) >= 11 is 0. The quantitative estimate of drug-likeness (QED) is 0.731. The molecule has 1 atom stereocenters. The molecule has 1 aromatic heterocycles. The van der Waals surface area contributed by atoms with Gasteiger partial charge in [-0.3, -0.25) is 4.79 Å². The number of aromatic nitrogens is 4. The third kappa shape index (κ3) is 4.24. The average Bonchev–Trinajstić information content (AvgIpc) is 3.43. The van der Waals surface area contributed by atoms with E-state index in [9.17, 15) is 4.79 Å². The molecule has 0 saturated heterocycles. The van der Waals surface area contributed by atoms with Gasteiger partial charge in [-0.2, -0.15) is 0 Å². The first-order chi connectivity index (χ1) is 14.2. The minimum Gasteiger partial charge on any atom is -0.331 e. The van der Waals surface area contributed by atoms with E-state index < -0.39 is 0 Å². The maximum absolute atomic E-state index is 12.9. The van der Waals surface area contributed by atoms with Gasteiger partial charge >= 0.3 is 0 Å². The number of tetrazole rings is 1. The molecule has 0 unspecified atom stereocenters. The second-order valence-corrected chi connectivity index (χ2v) is 8.09. The fourth-order valence-corrected chi connectivity index (χ4v) is 4.59. The first-order valence-corrected chi connectivity index (χ1v) is 10.7. The van der Waals surface area contributed by atoms with E-state index in [0.29, 0.717) is 6.54 Å². The molecule has 7 heteroatoms. The molecular formula is C22H30N6O. The standard InChI is InChI=1S/C22H30N6O/c1-2-19-12-9-15-27(19)20(29)17-28-21(24-25-26-28)22(13-7-4-8-14-22)23-16-18-10-5-3-6-11-18/h3,5-6,9-12,19,23H,2,4,7-8,13-17H2,1H3/t19-/m0/s1. The lowest BCUT2D eigenvalue weighted by molar-refractivity contribution is -0.132. The zero-order valence-corrected chi connectivity index (χ0v) is 17.1. The van der Waals surface area contributed by atoms with Gasteiger partial charge < -0.3 is 10.2 Å². The minimum absolute atomic E-state index is 0.0735. The highest BCUT2D eigenvalue weighted by Crippen LogP contribution is 2.36. The molecule has 154 valence electrons. The molecule has 0 radical (unpaired) electrons. The fraction of sp³-hybridized carbons (Fsp3) is 0.545. The lowest BCUT2D eigenvalue weighted by Crippen LogP contribution is -2.47. The van der Waals surface area contributed by atoms with Crippen molar-refractivity contribution in [2.24, 2.45) is 0 Å². The van der Waals surface area contributed by atoms with Crippen molar-refractivity contribution < 1.29 is 4.79 Å². The number of carbonyl (C=O) groups excluding carboxylic acids is 1. The molecule has 0 spiro atoms. The second kappa shape index (κ2) is 8.86. The summed E-state index contributed by atoms with van der Waals surface area (Å²) in [6, 6.07) is 10.6. The molecule has 0 bridgehead atoms. The van der Waals surface area contributed by atoms with Crippen molar-refractivity contribution in [3.8, 4) is 0 Å². The van der Waals surface area contributed by atoms with Gasteiger partial charge in [0, 0.05) is 13.1 Å². The van der Waals surface area contributed by atoms with E-state index >= 15 is 0 Å². The molecule has 1 fully saturated rings. The van der Waals surface area contributed by atoms with Gasteiger partial charge in [0.15, 0.2) is 5.82 Å². The molecular weight excluding hydrogens is 364 g/mol. The molecule has 1 aliphatic heterocycles. The minimum atomic E-state index is -0.286. The van der Waals surface area contributed by atoms with Crippen LogP contribution in [0.15, 0.2) is 42.5 Å². The molecule has 2 aliphatic rings. The number of amides is 1. The van der Waals surface area contributed by atoms with Crippen molar-refractivity contribution >= 4 is 5.91 Å². The second-order valence-electron chi connectivity index (χ2n) is 8.09. The zero-order chi connectivity index (χ0) is 20.1. The Labute approximate surface area is 172 Å². The van der Waals surface area contributed by atoms with Gasteiger partial charge in [0.05, 0.1) is 11.6 Å². The number of hydrogen-bond acceptors (Lipinski definition) is 5. The molecule has 7 nitrogen and oxygen atoms in total. The summed E-state index contributed by atoms with van der Waals surface area (Å²) in [6.45, 7) is 3.73. The lowest BCUT2D eigenvalue weighted by Gasteiger charge is -2.37. The molecule has 1 aliphatic carbocycles. The van der Waals surface area contributed by atoms with E-state index in [4.69, 9.17) is 0 Å². The van der Waals surface area contributed by atoms with Gasteiger partial charge in [0.2, 0.25) is 5.91 Å². The Kier molecular flexibility index (Phi) is 6.04. The van der Waals surface area contributed by atoms with Crippen LogP contribution in [0.4, 0.5) is 0 Å². The number of rotatable bonds is 7. The van der Waals surface area contributed by atoms with Gasteiger partial charge in [-0.1, -0.05) is 68.7 Å². The van der Waals surface area contributed by atoms with Crippen LogP contribution in [-0.2, 0) is 23.4 Å². The number of hydrogen-bond donors (Lipinski definition) is 1. The van der Waals surface area contributed by atoms with Crippen molar-refractivity contribution in [1.29, 1.82) is 0 Å². The van der Waals surface area contributed by atoms with Gasteiger partial charge in [0.1, 0.15) is 6.54 Å². The molecule has 1 aromatic carbocycles. The summed E-state index contributed by atoms with van der Waals surface area (Å²) in [5, 5.41) is 16.3. The van der Waals surface area contributed by atoms with Gasteiger partial charge in [0.25, 0.3) is 0 Å². The van der Waals surface area contributed by atoms with Crippen LogP contribution in [0.1, 0.15) is 56.8 Å². The van der Waals surface area contributed by atoms with Gasteiger partial charge in [-0.25, -0.2) is 4.68 Å². The number of carbonyl (C=O) groups is 1. The maximum Gasteiger partial charge on any atom is 0.245 e. The van der Waals surface area contributed by atoms with Crippen molar-refractivity contribution in [2.75, 3.05) is 6.54 Å². The van der Waals surface area contributed by atoms with E-state index in [-0.39, 0.29) is 24.0 Å². The molecule has 1 amide bonds. The van der Waals surface area contributed by atoms with Crippen LogP contribution in [0.25, 0.3) is 0 Å². The van der Waals surface area contributed by atoms with E-state index in [1.54, 1.807) is 4.68 Å². The summed E-state index contributed by atoms with van der Waals surface area (Å²) in [6.07, 6.45) is 10.6. The average molecular weight is 395 g/mol. The van der Waals surface area contributed by atoms with Crippen LogP contribution in [0.5, 0.6) is 0 Å². The van der Waals surface area contributed by atoms with E-state index in [1.165, 1.54) is 12.0 Å². The third-order valence-corrected chi connectivity index (χ3v) is 6.23. The Balaban J connectivity index is 1.53. The summed E-state index contributed by atoms with van der Waals surface area (Å²) < 4.78 is 1.72. The highest BCUT2D eigenvalue weighted by atomic mass is 16.2. The van der Waals surface area contributed by atoms with Crippen LogP contribution in [0, 0.1) is 0 Å². The van der Waals surface area contributed by atoms with Crippen molar-refractivity contribution in [2.45, 2.75) is 70.1 Å². The lowest BCUT2D eigenvalue weighted by atomic mass is 9.80. The van der Waals surface area contributed by atoms with E-state index in [2.05, 4.69) is 64.2 Å². The van der Waals surface area contributed by atoms with Crippen molar-refractivity contribution in [3.05, 3.63) is 53.9 Å². The Hall–Kier alpha value is -2.54. The van der Waals surface area contributed by atoms with E-state index in [1.807, 2.05) is 11.0 Å². The third-order valence-electron chi connectivity index (χ3n) is 6.23. The van der Waals surface area contributed by atoms with Crippen LogP contribution < -0.4 is 5.32 Å². The maximum atomic E-state index is 12.9. The van der Waals surface area contributed by atoms with Crippen LogP contribution in [-0.4, -0.2) is 43.6 Å². The summed E-state index contributed by atoms with van der Waals surface area (Å²) in [5.41, 5.74) is 0.951. The molecule has 2 heterocycles. The van der Waals surface area contributed by atoms with Crippen LogP contribution in [0.3, 0.4) is 0 Å². The summed E-state index contributed by atoms with van der Waals surface area (Å²) in [7, 11) is 0. The predicted octanol–water partition coefficient (Wildman–Crippen LogP) is 2.80. The van der Waals surface area contributed by atoms with Gasteiger partial charge in [-0.05, 0) is 35.3 Å². The Bertz CT molecular complexity index is 840. The van der Waals surface area contributed by atoms with E-state index in [0.717, 1.165) is 44.5 Å². The normalized spacial score (nSPS) is 20.9. The number of nitrogens with zero attached hydrogens (tertiary/aromatic N) is 5. The molecule has 1 N–H and O–H groups in total. The molecule has 2 aromatic rings. The van der Waals surface area contributed by atoms with Crippen LogP contribution >= 0.6 is 0 Å². The first kappa shape index (κ1) is 19.8. The Morgan fingerprint density at radius 2 is 2.00 bits per heavy atom. The smallest absolute Gasteiger partial charge is 0.245 e. The topological polar surface area (TPSA) is 75.9 Å². The summed E-state index contributed by atoms with van der Waals surface area (Å²) in [4.78, 5) is 14.9. The zero-order valence-electron chi connectivity index (χ0n) is 17.1. The monoisotopic (exact) mass is 394 g/mol. The van der Waals surface area contributed by atoms with Crippen LogP contribution in [0.2, 0.25) is 0 Å². The summed E-state index contributed by atoms with van der Waals surface area (Å²) in [5.74, 6) is 0.867. The molecule has 4 rings (SSSR count). The van der Waals surface area contributed by atoms with Crippen molar-refractivity contribution in [3.63, 3.8) is 0 Å². The molecule has 1 saturated carbocycles. The first-order valence-electron chi connectivity index (χ1n) is 10.7. The highest BCUT2D eigenvalue weighted by molar-refractivity contribution is 5.77. The SMILES string of the molecule is CC[C@H]1C=CCN1C(=O)Cn1nnnc1C1(NCc2ccccc2)CCCCC1. The largest absolute Gasteiger partial charge is 0.331 e. The number of benzene rings is 1. The van der Waals surface area contributed by atoms with Gasteiger partial charge in [-0.15, -0.1) is 5.10 Å². The predicted molar refractivity (Wildman–Crippen MR) is 111 cm³/mol. The Morgan fingerprint density at radius 1 is 1.21 bits per heavy atom. The highest BCUT2D eigenvalue weighted by Gasteiger charge is 2.39. The number of nitrogens with one attached hydrogen (secondary N) is 1.